The molecule has 1 aromatic rings. The molecule has 1 aliphatic rings. The van der Waals surface area contributed by atoms with E-state index in [0.717, 1.165) is 30.1 Å². The lowest BCUT2D eigenvalue weighted by Crippen LogP contribution is -2.49. The number of rotatable bonds is 7. The minimum atomic E-state index is -0.547. The fourth-order valence-electron chi connectivity index (χ4n) is 3.07. The van der Waals surface area contributed by atoms with E-state index in [1.165, 1.54) is 0 Å². The number of nitrogens with one attached hydrogen (secondary N) is 2. The number of carbonyl (C=O) groups is 3. The molecule has 1 fully saturated rings. The predicted octanol–water partition coefficient (Wildman–Crippen LogP) is 0.888. The van der Waals surface area contributed by atoms with Crippen molar-refractivity contribution in [3.05, 3.63) is 23.8 Å². The molecule has 1 aromatic carbocycles. The van der Waals surface area contributed by atoms with Gasteiger partial charge in [0.15, 0.2) is 0 Å². The summed E-state index contributed by atoms with van der Waals surface area (Å²) in [6.45, 7) is 5.30. The second-order valence-corrected chi connectivity index (χ2v) is 6.09. The van der Waals surface area contributed by atoms with Crippen molar-refractivity contribution in [3.8, 4) is 5.75 Å². The van der Waals surface area contributed by atoms with Crippen molar-refractivity contribution in [1.29, 1.82) is 0 Å². The molecule has 0 unspecified atom stereocenters. The van der Waals surface area contributed by atoms with Gasteiger partial charge in [0.05, 0.1) is 7.11 Å². The van der Waals surface area contributed by atoms with Crippen molar-refractivity contribution >= 4 is 24.0 Å². The Morgan fingerprint density at radius 2 is 1.96 bits per heavy atom. The highest BCUT2D eigenvalue weighted by molar-refractivity contribution is 5.84. The molecule has 0 bridgehead atoms. The van der Waals surface area contributed by atoms with E-state index in [9.17, 15) is 14.4 Å². The summed E-state index contributed by atoms with van der Waals surface area (Å²) in [7, 11) is 1.67. The molecule has 0 spiro atoms. The van der Waals surface area contributed by atoms with Crippen LogP contribution in [0.25, 0.3) is 0 Å². The summed E-state index contributed by atoms with van der Waals surface area (Å²) in [6.07, 6.45) is 1.24. The largest absolute Gasteiger partial charge is 0.496 e. The van der Waals surface area contributed by atoms with E-state index < -0.39 is 6.03 Å². The van der Waals surface area contributed by atoms with E-state index in [-0.39, 0.29) is 5.91 Å². The number of hydrogen-bond donors (Lipinski definition) is 2. The van der Waals surface area contributed by atoms with E-state index >= 15 is 0 Å². The van der Waals surface area contributed by atoms with E-state index in [1.807, 2.05) is 29.3 Å². The zero-order valence-corrected chi connectivity index (χ0v) is 15.3. The van der Waals surface area contributed by atoms with Gasteiger partial charge in [-0.15, -0.1) is 0 Å². The van der Waals surface area contributed by atoms with Gasteiger partial charge in [0.25, 0.3) is 0 Å². The number of methoxy groups -OCH3 is 1. The second-order valence-electron chi connectivity index (χ2n) is 6.09. The summed E-state index contributed by atoms with van der Waals surface area (Å²) in [4.78, 5) is 37.6. The molecule has 2 rings (SSSR count). The Morgan fingerprint density at radius 3 is 2.62 bits per heavy atom. The highest BCUT2D eigenvalue weighted by Crippen LogP contribution is 2.28. The average Bonchev–Trinajstić information content (AvgIpc) is 2.65. The SMILES string of the molecule is COc1cccc(N2CCN(C(=O)CCCNC(=O)NC=O)CC2)c1C. The molecule has 26 heavy (non-hydrogen) atoms. The van der Waals surface area contributed by atoms with Crippen LogP contribution in [0.15, 0.2) is 18.2 Å². The highest BCUT2D eigenvalue weighted by Gasteiger charge is 2.22. The van der Waals surface area contributed by atoms with Crippen LogP contribution in [0.5, 0.6) is 5.75 Å². The summed E-state index contributed by atoms with van der Waals surface area (Å²) in [5, 5.41) is 4.51. The van der Waals surface area contributed by atoms with Crippen LogP contribution in [0.2, 0.25) is 0 Å². The van der Waals surface area contributed by atoms with Crippen LogP contribution in [-0.4, -0.2) is 63.1 Å². The van der Waals surface area contributed by atoms with Crippen LogP contribution in [0.1, 0.15) is 18.4 Å². The molecular formula is C18H26N4O4. The third-order valence-electron chi connectivity index (χ3n) is 4.49. The fraction of sp³-hybridized carbons (Fsp3) is 0.500. The maximum Gasteiger partial charge on any atom is 0.321 e. The number of benzene rings is 1. The number of piperazine rings is 1. The number of urea groups is 1. The Labute approximate surface area is 153 Å². The van der Waals surface area contributed by atoms with E-state index in [0.29, 0.717) is 38.9 Å². The molecule has 142 valence electrons. The first-order valence-corrected chi connectivity index (χ1v) is 8.71. The third-order valence-corrected chi connectivity index (χ3v) is 4.49. The van der Waals surface area contributed by atoms with Crippen molar-refractivity contribution in [2.45, 2.75) is 19.8 Å². The van der Waals surface area contributed by atoms with Gasteiger partial charge < -0.3 is 19.9 Å². The van der Waals surface area contributed by atoms with Crippen LogP contribution in [0.3, 0.4) is 0 Å². The van der Waals surface area contributed by atoms with Gasteiger partial charge in [-0.25, -0.2) is 4.79 Å². The molecule has 0 radical (unpaired) electrons. The Bertz CT molecular complexity index is 642. The third kappa shape index (κ3) is 5.11. The first-order chi connectivity index (χ1) is 12.6. The first kappa shape index (κ1) is 19.6. The smallest absolute Gasteiger partial charge is 0.321 e. The van der Waals surface area contributed by atoms with Gasteiger partial charge in [-0.1, -0.05) is 6.07 Å². The molecule has 2 N–H and O–H groups in total. The lowest BCUT2D eigenvalue weighted by atomic mass is 10.1. The molecule has 0 aliphatic carbocycles. The lowest BCUT2D eigenvalue weighted by Gasteiger charge is -2.37. The summed E-state index contributed by atoms with van der Waals surface area (Å²) < 4.78 is 5.38. The van der Waals surface area contributed by atoms with Gasteiger partial charge in [0.1, 0.15) is 5.75 Å². The molecule has 0 aromatic heterocycles. The number of nitrogens with zero attached hydrogens (tertiary/aromatic N) is 2. The van der Waals surface area contributed by atoms with E-state index in [1.54, 1.807) is 7.11 Å². The van der Waals surface area contributed by atoms with Crippen molar-refractivity contribution in [2.75, 3.05) is 44.7 Å². The van der Waals surface area contributed by atoms with Gasteiger partial charge in [0, 0.05) is 50.4 Å². The summed E-state index contributed by atoms with van der Waals surface area (Å²) >= 11 is 0. The Kier molecular flexibility index (Phi) is 7.25. The monoisotopic (exact) mass is 362 g/mol. The first-order valence-electron chi connectivity index (χ1n) is 8.71. The number of amides is 4. The summed E-state index contributed by atoms with van der Waals surface area (Å²) in [6, 6.07) is 5.45. The quantitative estimate of drug-likeness (QED) is 0.555. The number of imide groups is 1. The maximum atomic E-state index is 12.3. The van der Waals surface area contributed by atoms with Crippen LogP contribution in [-0.2, 0) is 9.59 Å². The maximum absolute atomic E-state index is 12.3. The summed E-state index contributed by atoms with van der Waals surface area (Å²) in [5.74, 6) is 0.955. The van der Waals surface area contributed by atoms with Crippen molar-refractivity contribution < 1.29 is 19.1 Å². The Hall–Kier alpha value is -2.77. The Morgan fingerprint density at radius 1 is 1.23 bits per heavy atom. The zero-order chi connectivity index (χ0) is 18.9. The van der Waals surface area contributed by atoms with Crippen LogP contribution in [0.4, 0.5) is 10.5 Å². The normalized spacial score (nSPS) is 13.9. The molecule has 1 aliphatic heterocycles. The molecular weight excluding hydrogens is 336 g/mol. The molecule has 8 heteroatoms. The van der Waals surface area contributed by atoms with Gasteiger partial charge in [-0.2, -0.15) is 0 Å². The van der Waals surface area contributed by atoms with Crippen LogP contribution >= 0.6 is 0 Å². The van der Waals surface area contributed by atoms with Gasteiger partial charge in [-0.05, 0) is 25.5 Å². The highest BCUT2D eigenvalue weighted by atomic mass is 16.5. The molecule has 8 nitrogen and oxygen atoms in total. The predicted molar refractivity (Wildman–Crippen MR) is 98.4 cm³/mol. The second kappa shape index (κ2) is 9.65. The standard InChI is InChI=1S/C18H26N4O4/c1-14-15(5-3-6-16(14)26-2)21-9-11-22(12-10-21)17(24)7-4-8-19-18(25)20-13-23/h3,5-6,13H,4,7-12H2,1-2H3,(H2,19,20,23,25). The fourth-order valence-corrected chi connectivity index (χ4v) is 3.07. The van der Waals surface area contributed by atoms with Gasteiger partial charge in [0.2, 0.25) is 12.3 Å². The lowest BCUT2D eigenvalue weighted by molar-refractivity contribution is -0.131. The van der Waals surface area contributed by atoms with Gasteiger partial charge in [-0.3, -0.25) is 14.9 Å². The molecule has 4 amide bonds. The summed E-state index contributed by atoms with van der Waals surface area (Å²) in [5.41, 5.74) is 2.25. The molecule has 0 saturated carbocycles. The Balaban J connectivity index is 1.76. The van der Waals surface area contributed by atoms with Crippen LogP contribution < -0.4 is 20.3 Å². The van der Waals surface area contributed by atoms with E-state index in [4.69, 9.17) is 4.74 Å². The number of ether oxygens (including phenoxy) is 1. The van der Waals surface area contributed by atoms with Gasteiger partial charge >= 0.3 is 6.03 Å². The van der Waals surface area contributed by atoms with Crippen molar-refractivity contribution in [2.24, 2.45) is 0 Å². The average molecular weight is 362 g/mol. The minimum Gasteiger partial charge on any atom is -0.496 e. The topological polar surface area (TPSA) is 91.0 Å². The number of hydrogen-bond acceptors (Lipinski definition) is 5. The molecule has 1 heterocycles. The zero-order valence-electron chi connectivity index (χ0n) is 15.3. The van der Waals surface area contributed by atoms with Crippen LogP contribution in [0, 0.1) is 6.92 Å². The molecule has 1 saturated heterocycles. The van der Waals surface area contributed by atoms with E-state index in [2.05, 4.69) is 16.3 Å². The number of carbonyl (C=O) groups excluding carboxylic acids is 3. The van der Waals surface area contributed by atoms with Crippen molar-refractivity contribution in [1.82, 2.24) is 15.5 Å². The van der Waals surface area contributed by atoms with Crippen molar-refractivity contribution in [3.63, 3.8) is 0 Å². The molecule has 0 atom stereocenters. The number of anilines is 1. The minimum absolute atomic E-state index is 0.0876.